The first-order chi connectivity index (χ1) is 6.68. The maximum atomic E-state index is 9.40. The molecule has 1 atom stereocenters. The zero-order valence-electron chi connectivity index (χ0n) is 7.94. The van der Waals surface area contributed by atoms with Gasteiger partial charge in [0.05, 0.1) is 5.52 Å². The van der Waals surface area contributed by atoms with E-state index in [0.29, 0.717) is 0 Å². The van der Waals surface area contributed by atoms with Crippen molar-refractivity contribution in [1.82, 2.24) is 4.98 Å². The minimum Gasteiger partial charge on any atom is -0.375 e. The predicted molar refractivity (Wildman–Crippen MR) is 55.6 cm³/mol. The summed E-state index contributed by atoms with van der Waals surface area (Å²) in [6, 6.07) is 9.46. The molecule has 2 rings (SSSR count). The van der Waals surface area contributed by atoms with E-state index >= 15 is 0 Å². The SMILES string of the molecule is Cc1cc(C(N)O)c2ccccc2n1. The lowest BCUT2D eigenvalue weighted by Gasteiger charge is -2.09. The lowest BCUT2D eigenvalue weighted by atomic mass is 10.1. The van der Waals surface area contributed by atoms with Gasteiger partial charge < -0.3 is 10.8 Å². The third-order valence-electron chi connectivity index (χ3n) is 2.19. The monoisotopic (exact) mass is 188 g/mol. The summed E-state index contributed by atoms with van der Waals surface area (Å²) in [7, 11) is 0. The molecule has 0 fully saturated rings. The van der Waals surface area contributed by atoms with Crippen molar-refractivity contribution in [3.8, 4) is 0 Å². The van der Waals surface area contributed by atoms with E-state index in [9.17, 15) is 5.11 Å². The summed E-state index contributed by atoms with van der Waals surface area (Å²) in [5.41, 5.74) is 7.94. The molecule has 0 aliphatic carbocycles. The number of nitrogens with two attached hydrogens (primary N) is 1. The number of aromatic nitrogens is 1. The standard InChI is InChI=1S/C11H12N2O/c1-7-6-9(11(12)14)8-4-2-3-5-10(8)13-7/h2-6,11,14H,12H2,1H3. The number of pyridine rings is 1. The smallest absolute Gasteiger partial charge is 0.129 e. The van der Waals surface area contributed by atoms with Gasteiger partial charge in [-0.25, -0.2) is 0 Å². The van der Waals surface area contributed by atoms with Crippen molar-refractivity contribution in [3.05, 3.63) is 41.6 Å². The summed E-state index contributed by atoms with van der Waals surface area (Å²) >= 11 is 0. The van der Waals surface area contributed by atoms with Crippen LogP contribution in [0.5, 0.6) is 0 Å². The van der Waals surface area contributed by atoms with Crippen molar-refractivity contribution >= 4 is 10.9 Å². The highest BCUT2D eigenvalue weighted by Gasteiger charge is 2.07. The quantitative estimate of drug-likeness (QED) is 0.666. The Morgan fingerprint density at radius 1 is 1.36 bits per heavy atom. The summed E-state index contributed by atoms with van der Waals surface area (Å²) in [4.78, 5) is 4.35. The average molecular weight is 188 g/mol. The third kappa shape index (κ3) is 1.47. The fraction of sp³-hybridized carbons (Fsp3) is 0.182. The second-order valence-electron chi connectivity index (χ2n) is 3.31. The van der Waals surface area contributed by atoms with Crippen molar-refractivity contribution in [1.29, 1.82) is 0 Å². The topological polar surface area (TPSA) is 59.1 Å². The number of benzene rings is 1. The molecule has 1 heterocycles. The molecule has 3 heteroatoms. The Labute approximate surface area is 82.2 Å². The van der Waals surface area contributed by atoms with E-state index in [1.807, 2.05) is 37.3 Å². The number of hydrogen-bond donors (Lipinski definition) is 2. The van der Waals surface area contributed by atoms with E-state index in [1.54, 1.807) is 0 Å². The number of rotatable bonds is 1. The molecule has 1 aromatic heterocycles. The van der Waals surface area contributed by atoms with Crippen LogP contribution in [-0.4, -0.2) is 10.1 Å². The second-order valence-corrected chi connectivity index (χ2v) is 3.31. The number of hydrogen-bond acceptors (Lipinski definition) is 3. The van der Waals surface area contributed by atoms with Gasteiger partial charge in [-0.3, -0.25) is 4.98 Å². The maximum absolute atomic E-state index is 9.40. The van der Waals surface area contributed by atoms with E-state index in [0.717, 1.165) is 22.2 Å². The van der Waals surface area contributed by atoms with E-state index in [4.69, 9.17) is 5.73 Å². The van der Waals surface area contributed by atoms with E-state index in [-0.39, 0.29) is 0 Å². The van der Waals surface area contributed by atoms with Crippen LogP contribution in [0.2, 0.25) is 0 Å². The minimum absolute atomic E-state index is 0.730. The van der Waals surface area contributed by atoms with Gasteiger partial charge in [-0.2, -0.15) is 0 Å². The number of nitrogens with zero attached hydrogens (tertiary/aromatic N) is 1. The van der Waals surface area contributed by atoms with Crippen LogP contribution in [0.4, 0.5) is 0 Å². The van der Waals surface area contributed by atoms with Gasteiger partial charge in [-0.05, 0) is 19.1 Å². The molecule has 72 valence electrons. The minimum atomic E-state index is -0.943. The number of fused-ring (bicyclic) bond motifs is 1. The molecule has 1 aromatic carbocycles. The number of aliphatic hydroxyl groups is 1. The second kappa shape index (κ2) is 3.36. The largest absolute Gasteiger partial charge is 0.375 e. The molecule has 3 nitrogen and oxygen atoms in total. The highest BCUT2D eigenvalue weighted by atomic mass is 16.3. The Balaban J connectivity index is 2.80. The highest BCUT2D eigenvalue weighted by Crippen LogP contribution is 2.21. The molecule has 3 N–H and O–H groups in total. The van der Waals surface area contributed by atoms with Crippen LogP contribution in [0.3, 0.4) is 0 Å². The Kier molecular flexibility index (Phi) is 2.19. The molecule has 0 saturated heterocycles. The van der Waals surface area contributed by atoms with Gasteiger partial charge in [0, 0.05) is 16.6 Å². The van der Waals surface area contributed by atoms with Gasteiger partial charge in [0.1, 0.15) is 6.23 Å². The van der Waals surface area contributed by atoms with Crippen molar-refractivity contribution < 1.29 is 5.11 Å². The zero-order valence-corrected chi connectivity index (χ0v) is 7.94. The summed E-state index contributed by atoms with van der Waals surface area (Å²) in [6.45, 7) is 1.89. The van der Waals surface area contributed by atoms with Gasteiger partial charge in [-0.15, -0.1) is 0 Å². The lowest BCUT2D eigenvalue weighted by molar-refractivity contribution is 0.187. The average Bonchev–Trinajstić information content (AvgIpc) is 2.16. The highest BCUT2D eigenvalue weighted by molar-refractivity contribution is 5.82. The first-order valence-electron chi connectivity index (χ1n) is 4.48. The molecule has 0 saturated carbocycles. The van der Waals surface area contributed by atoms with Gasteiger partial charge >= 0.3 is 0 Å². The zero-order chi connectivity index (χ0) is 10.1. The summed E-state index contributed by atoms with van der Waals surface area (Å²) in [6.07, 6.45) is -0.943. The van der Waals surface area contributed by atoms with Crippen molar-refractivity contribution in [3.63, 3.8) is 0 Å². The van der Waals surface area contributed by atoms with Crippen LogP contribution < -0.4 is 5.73 Å². The van der Waals surface area contributed by atoms with Gasteiger partial charge in [0.25, 0.3) is 0 Å². The van der Waals surface area contributed by atoms with Crippen LogP contribution in [0, 0.1) is 6.92 Å². The van der Waals surface area contributed by atoms with E-state index < -0.39 is 6.23 Å². The van der Waals surface area contributed by atoms with Crippen LogP contribution in [-0.2, 0) is 0 Å². The molecule has 0 spiro atoms. The summed E-state index contributed by atoms with van der Waals surface area (Å²) < 4.78 is 0. The molecule has 0 bridgehead atoms. The molecule has 2 aromatic rings. The molecule has 0 aliphatic heterocycles. The van der Waals surface area contributed by atoms with Crippen LogP contribution in [0.25, 0.3) is 10.9 Å². The third-order valence-corrected chi connectivity index (χ3v) is 2.19. The number of para-hydroxylation sites is 1. The Bertz CT molecular complexity index is 466. The van der Waals surface area contributed by atoms with Crippen molar-refractivity contribution in [2.45, 2.75) is 13.2 Å². The van der Waals surface area contributed by atoms with Gasteiger partial charge in [0.15, 0.2) is 0 Å². The first kappa shape index (κ1) is 9.12. The van der Waals surface area contributed by atoms with Crippen LogP contribution in [0.1, 0.15) is 17.5 Å². The normalized spacial score (nSPS) is 13.1. The Morgan fingerprint density at radius 2 is 2.07 bits per heavy atom. The molecule has 1 unspecified atom stereocenters. The summed E-state index contributed by atoms with van der Waals surface area (Å²) in [5.74, 6) is 0. The molecule has 0 aliphatic rings. The molecule has 0 amide bonds. The fourth-order valence-electron chi connectivity index (χ4n) is 1.59. The fourth-order valence-corrected chi connectivity index (χ4v) is 1.59. The predicted octanol–water partition coefficient (Wildman–Crippen LogP) is 1.49. The summed E-state index contributed by atoms with van der Waals surface area (Å²) in [5, 5.41) is 10.3. The van der Waals surface area contributed by atoms with Crippen molar-refractivity contribution in [2.24, 2.45) is 5.73 Å². The van der Waals surface area contributed by atoms with Crippen molar-refractivity contribution in [2.75, 3.05) is 0 Å². The molecular formula is C11H12N2O. The molecule has 0 radical (unpaired) electrons. The van der Waals surface area contributed by atoms with Crippen LogP contribution in [0.15, 0.2) is 30.3 Å². The molecule has 14 heavy (non-hydrogen) atoms. The van der Waals surface area contributed by atoms with E-state index in [1.165, 1.54) is 0 Å². The van der Waals surface area contributed by atoms with Gasteiger partial charge in [-0.1, -0.05) is 18.2 Å². The first-order valence-corrected chi connectivity index (χ1v) is 4.48. The lowest BCUT2D eigenvalue weighted by Crippen LogP contribution is -2.09. The molecular weight excluding hydrogens is 176 g/mol. The Hall–Kier alpha value is -1.45. The van der Waals surface area contributed by atoms with Crippen LogP contribution >= 0.6 is 0 Å². The van der Waals surface area contributed by atoms with E-state index in [2.05, 4.69) is 4.98 Å². The number of aliphatic hydroxyl groups excluding tert-OH is 1. The maximum Gasteiger partial charge on any atom is 0.129 e. The van der Waals surface area contributed by atoms with Gasteiger partial charge in [0.2, 0.25) is 0 Å². The number of aryl methyl sites for hydroxylation is 1. The Morgan fingerprint density at radius 3 is 2.79 bits per heavy atom.